The van der Waals surface area contributed by atoms with Gasteiger partial charge in [0.25, 0.3) is 0 Å². The summed E-state index contributed by atoms with van der Waals surface area (Å²) in [5.74, 6) is 0. The molecular formula is C9H13ClN4. The highest BCUT2D eigenvalue weighted by atomic mass is 35.5. The smallest absolute Gasteiger partial charge is 0.105 e. The Hall–Kier alpha value is -1.05. The van der Waals surface area contributed by atoms with E-state index in [0.29, 0.717) is 18.0 Å². The number of nitrogens with zero attached hydrogens (tertiary/aromatic N) is 3. The number of hydrogen-bond donors (Lipinski definition) is 1. The van der Waals surface area contributed by atoms with Crippen LogP contribution in [-0.2, 0) is 6.54 Å². The van der Waals surface area contributed by atoms with Gasteiger partial charge in [0.05, 0.1) is 17.3 Å². The zero-order chi connectivity index (χ0) is 10.6. The first kappa shape index (κ1) is 11.0. The van der Waals surface area contributed by atoms with Crippen molar-refractivity contribution in [1.29, 1.82) is 5.26 Å². The fraction of sp³-hybridized carbons (Fsp3) is 0.556. The van der Waals surface area contributed by atoms with E-state index in [1.807, 2.05) is 6.92 Å². The van der Waals surface area contributed by atoms with Gasteiger partial charge in [0.2, 0.25) is 0 Å². The summed E-state index contributed by atoms with van der Waals surface area (Å²) in [7, 11) is 1.78. The Morgan fingerprint density at radius 3 is 2.93 bits per heavy atom. The Morgan fingerprint density at radius 1 is 1.79 bits per heavy atom. The molecule has 1 aromatic rings. The molecule has 1 atom stereocenters. The lowest BCUT2D eigenvalue weighted by molar-refractivity contribution is 0.408. The number of hydrogen-bond acceptors (Lipinski definition) is 3. The second kappa shape index (κ2) is 4.45. The molecule has 76 valence electrons. The van der Waals surface area contributed by atoms with Crippen LogP contribution in [0.5, 0.6) is 0 Å². The highest BCUT2D eigenvalue weighted by Crippen LogP contribution is 2.10. The van der Waals surface area contributed by atoms with Gasteiger partial charge in [0.1, 0.15) is 5.54 Å². The SMILES string of the molecule is CNC(C)(C#N)CCn1cc(Cl)cn1. The van der Waals surface area contributed by atoms with E-state index >= 15 is 0 Å². The number of aryl methyl sites for hydroxylation is 1. The number of rotatable bonds is 4. The van der Waals surface area contributed by atoms with Crippen LogP contribution in [0.4, 0.5) is 0 Å². The van der Waals surface area contributed by atoms with Gasteiger partial charge in [-0.05, 0) is 20.4 Å². The van der Waals surface area contributed by atoms with Gasteiger partial charge in [-0.15, -0.1) is 0 Å². The van der Waals surface area contributed by atoms with Gasteiger partial charge in [0, 0.05) is 12.7 Å². The Bertz CT molecular complexity index is 341. The largest absolute Gasteiger partial charge is 0.303 e. The minimum absolute atomic E-state index is 0.502. The molecule has 0 aliphatic heterocycles. The summed E-state index contributed by atoms with van der Waals surface area (Å²) in [6.07, 6.45) is 4.03. The molecule has 0 aromatic carbocycles. The average molecular weight is 213 g/mol. The molecule has 0 fully saturated rings. The van der Waals surface area contributed by atoms with Gasteiger partial charge >= 0.3 is 0 Å². The lowest BCUT2D eigenvalue weighted by Crippen LogP contribution is -2.39. The van der Waals surface area contributed by atoms with Crippen molar-refractivity contribution >= 4 is 11.6 Å². The van der Waals surface area contributed by atoms with E-state index in [1.54, 1.807) is 24.1 Å². The van der Waals surface area contributed by atoms with Crippen LogP contribution in [0.1, 0.15) is 13.3 Å². The minimum atomic E-state index is -0.502. The molecule has 14 heavy (non-hydrogen) atoms. The van der Waals surface area contributed by atoms with Crippen molar-refractivity contribution in [2.45, 2.75) is 25.4 Å². The quantitative estimate of drug-likeness (QED) is 0.822. The van der Waals surface area contributed by atoms with Crippen LogP contribution >= 0.6 is 11.6 Å². The molecule has 0 aliphatic carbocycles. The average Bonchev–Trinajstić information content (AvgIpc) is 2.61. The molecule has 0 aliphatic rings. The number of nitrogens with one attached hydrogen (secondary N) is 1. The summed E-state index contributed by atoms with van der Waals surface area (Å²) >= 11 is 5.71. The molecule has 0 saturated carbocycles. The van der Waals surface area contributed by atoms with Crippen molar-refractivity contribution in [2.24, 2.45) is 0 Å². The van der Waals surface area contributed by atoms with Crippen LogP contribution in [-0.4, -0.2) is 22.4 Å². The van der Waals surface area contributed by atoms with Gasteiger partial charge in [-0.1, -0.05) is 11.6 Å². The molecule has 1 aromatic heterocycles. The third-order valence-electron chi connectivity index (χ3n) is 2.24. The molecule has 1 rings (SSSR count). The number of halogens is 1. The Morgan fingerprint density at radius 2 is 2.50 bits per heavy atom. The maximum absolute atomic E-state index is 8.90. The molecule has 0 amide bonds. The van der Waals surface area contributed by atoms with Gasteiger partial charge < -0.3 is 5.32 Å². The third-order valence-corrected chi connectivity index (χ3v) is 2.44. The second-order valence-electron chi connectivity index (χ2n) is 3.37. The molecule has 0 spiro atoms. The summed E-state index contributed by atoms with van der Waals surface area (Å²) in [6, 6.07) is 2.22. The van der Waals surface area contributed by atoms with E-state index in [4.69, 9.17) is 16.9 Å². The van der Waals surface area contributed by atoms with Crippen LogP contribution in [0.2, 0.25) is 5.02 Å². The van der Waals surface area contributed by atoms with Crippen LogP contribution in [0, 0.1) is 11.3 Å². The normalized spacial score (nSPS) is 14.7. The number of nitriles is 1. The molecule has 5 heteroatoms. The maximum Gasteiger partial charge on any atom is 0.105 e. The van der Waals surface area contributed by atoms with E-state index in [1.165, 1.54) is 0 Å². The van der Waals surface area contributed by atoms with E-state index in [2.05, 4.69) is 16.5 Å². The van der Waals surface area contributed by atoms with Crippen molar-refractivity contribution in [3.05, 3.63) is 17.4 Å². The lowest BCUT2D eigenvalue weighted by atomic mass is 10.0. The first-order chi connectivity index (χ1) is 6.59. The monoisotopic (exact) mass is 212 g/mol. The van der Waals surface area contributed by atoms with Crippen molar-refractivity contribution in [1.82, 2.24) is 15.1 Å². The van der Waals surface area contributed by atoms with E-state index in [-0.39, 0.29) is 0 Å². The molecule has 0 bridgehead atoms. The zero-order valence-electron chi connectivity index (χ0n) is 8.29. The van der Waals surface area contributed by atoms with Gasteiger partial charge in [-0.3, -0.25) is 4.68 Å². The van der Waals surface area contributed by atoms with Crippen LogP contribution < -0.4 is 5.32 Å². The fourth-order valence-corrected chi connectivity index (χ4v) is 1.19. The molecule has 4 nitrogen and oxygen atoms in total. The zero-order valence-corrected chi connectivity index (χ0v) is 9.04. The van der Waals surface area contributed by atoms with Crippen molar-refractivity contribution in [3.63, 3.8) is 0 Å². The Kier molecular flexibility index (Phi) is 3.50. The summed E-state index contributed by atoms with van der Waals surface area (Å²) in [4.78, 5) is 0. The van der Waals surface area contributed by atoms with Crippen molar-refractivity contribution in [3.8, 4) is 6.07 Å². The Balaban J connectivity index is 2.52. The molecular weight excluding hydrogens is 200 g/mol. The highest BCUT2D eigenvalue weighted by molar-refractivity contribution is 6.30. The fourth-order valence-electron chi connectivity index (χ4n) is 1.04. The molecule has 1 heterocycles. The second-order valence-corrected chi connectivity index (χ2v) is 3.80. The van der Waals surface area contributed by atoms with E-state index in [0.717, 1.165) is 0 Å². The van der Waals surface area contributed by atoms with Crippen molar-refractivity contribution < 1.29 is 0 Å². The summed E-state index contributed by atoms with van der Waals surface area (Å²) in [5.41, 5.74) is -0.502. The predicted molar refractivity (Wildman–Crippen MR) is 54.9 cm³/mol. The Labute approximate surface area is 88.5 Å². The number of aromatic nitrogens is 2. The molecule has 1 unspecified atom stereocenters. The van der Waals surface area contributed by atoms with Crippen LogP contribution in [0.3, 0.4) is 0 Å². The third kappa shape index (κ3) is 2.72. The standard InChI is InChI=1S/C9H13ClN4/c1-9(7-11,12-2)3-4-14-6-8(10)5-13-14/h5-6,12H,3-4H2,1-2H3. The highest BCUT2D eigenvalue weighted by Gasteiger charge is 2.20. The van der Waals surface area contributed by atoms with E-state index in [9.17, 15) is 0 Å². The lowest BCUT2D eigenvalue weighted by Gasteiger charge is -2.20. The van der Waals surface area contributed by atoms with Crippen LogP contribution in [0.25, 0.3) is 0 Å². The first-order valence-electron chi connectivity index (χ1n) is 4.38. The predicted octanol–water partition coefficient (Wildman–Crippen LogP) is 1.43. The minimum Gasteiger partial charge on any atom is -0.303 e. The van der Waals surface area contributed by atoms with Gasteiger partial charge in [-0.25, -0.2) is 0 Å². The summed E-state index contributed by atoms with van der Waals surface area (Å²) < 4.78 is 1.73. The molecule has 0 saturated heterocycles. The van der Waals surface area contributed by atoms with E-state index < -0.39 is 5.54 Å². The van der Waals surface area contributed by atoms with Gasteiger partial charge in [-0.2, -0.15) is 10.4 Å². The maximum atomic E-state index is 8.90. The summed E-state index contributed by atoms with van der Waals surface area (Å²) in [5, 5.41) is 16.5. The van der Waals surface area contributed by atoms with Gasteiger partial charge in [0.15, 0.2) is 0 Å². The van der Waals surface area contributed by atoms with Crippen LogP contribution in [0.15, 0.2) is 12.4 Å². The molecule has 1 N–H and O–H groups in total. The topological polar surface area (TPSA) is 53.6 Å². The van der Waals surface area contributed by atoms with Crippen molar-refractivity contribution in [2.75, 3.05) is 7.05 Å². The first-order valence-corrected chi connectivity index (χ1v) is 4.75. The summed E-state index contributed by atoms with van der Waals surface area (Å²) in [6.45, 7) is 2.54. The molecule has 0 radical (unpaired) electrons.